The minimum absolute atomic E-state index is 0.120. The SMILES string of the molecule is CC(C)c1cc2c(c(C(C)C)c1CC(=O)N1C=C(S(=N)(=O)NC(=O)O)SC1C(C)(C)O)OC(F)(F)O2. The lowest BCUT2D eigenvalue weighted by molar-refractivity contribution is -0.287. The molecule has 0 spiro atoms. The molecule has 2 amide bonds. The van der Waals surface area contributed by atoms with E-state index in [-0.39, 0.29) is 34.0 Å². The van der Waals surface area contributed by atoms with Gasteiger partial charge in [-0.05, 0) is 42.9 Å². The number of alkyl halides is 2. The van der Waals surface area contributed by atoms with Crippen LogP contribution in [-0.2, 0) is 21.1 Å². The molecule has 0 saturated carbocycles. The molecule has 2 aliphatic heterocycles. The molecule has 36 heavy (non-hydrogen) atoms. The number of carboxylic acid groups (broad SMARTS) is 1. The molecule has 0 fully saturated rings. The van der Waals surface area contributed by atoms with Gasteiger partial charge in [0.1, 0.15) is 9.61 Å². The predicted octanol–water partition coefficient (Wildman–Crippen LogP) is 4.50. The van der Waals surface area contributed by atoms with Gasteiger partial charge in [0, 0.05) is 11.8 Å². The summed E-state index contributed by atoms with van der Waals surface area (Å²) in [6.45, 7) is 10.0. The first-order chi connectivity index (χ1) is 16.3. The normalized spacial score (nSPS) is 20.5. The van der Waals surface area contributed by atoms with Crippen LogP contribution >= 0.6 is 11.8 Å². The molecule has 0 bridgehead atoms. The molecule has 10 nitrogen and oxygen atoms in total. The van der Waals surface area contributed by atoms with Crippen LogP contribution in [0.25, 0.3) is 0 Å². The Morgan fingerprint density at radius 2 is 1.89 bits per heavy atom. The number of fused-ring (bicyclic) bond motifs is 1. The number of carbonyl (C=O) groups is 2. The van der Waals surface area contributed by atoms with Crippen molar-refractivity contribution in [2.75, 3.05) is 0 Å². The molecule has 0 aliphatic carbocycles. The van der Waals surface area contributed by atoms with E-state index in [0.717, 1.165) is 22.9 Å². The summed E-state index contributed by atoms with van der Waals surface area (Å²) >= 11 is 0.738. The first kappa shape index (κ1) is 28.0. The van der Waals surface area contributed by atoms with Crippen molar-refractivity contribution in [2.24, 2.45) is 0 Å². The molecule has 14 heteroatoms. The van der Waals surface area contributed by atoms with Crippen LogP contribution < -0.4 is 14.2 Å². The molecular weight excluding hydrogens is 520 g/mol. The van der Waals surface area contributed by atoms with Gasteiger partial charge in [0.15, 0.2) is 21.4 Å². The number of aliphatic hydroxyl groups is 1. The molecule has 2 heterocycles. The van der Waals surface area contributed by atoms with Gasteiger partial charge in [-0.3, -0.25) is 4.79 Å². The number of halogens is 2. The Bertz CT molecular complexity index is 1220. The quantitative estimate of drug-likeness (QED) is 0.388. The van der Waals surface area contributed by atoms with Crippen molar-refractivity contribution in [1.29, 1.82) is 4.78 Å². The largest absolute Gasteiger partial charge is 0.586 e. The third-order valence-electron chi connectivity index (χ3n) is 5.54. The number of amides is 2. The molecule has 2 aliphatic rings. The lowest BCUT2D eigenvalue weighted by Crippen LogP contribution is -2.46. The van der Waals surface area contributed by atoms with Crippen LogP contribution in [0.4, 0.5) is 13.6 Å². The van der Waals surface area contributed by atoms with E-state index in [2.05, 4.69) is 4.74 Å². The Labute approximate surface area is 212 Å². The number of rotatable bonds is 7. The minimum Gasteiger partial charge on any atom is -0.464 e. The number of hydrogen-bond donors (Lipinski definition) is 4. The number of nitrogens with zero attached hydrogens (tertiary/aromatic N) is 1. The van der Waals surface area contributed by atoms with Crippen molar-refractivity contribution >= 4 is 33.7 Å². The maximum absolute atomic E-state index is 13.9. The van der Waals surface area contributed by atoms with Gasteiger partial charge < -0.3 is 24.6 Å². The molecule has 2 unspecified atom stereocenters. The van der Waals surface area contributed by atoms with Crippen molar-refractivity contribution in [1.82, 2.24) is 9.62 Å². The molecule has 1 aromatic carbocycles. The van der Waals surface area contributed by atoms with Gasteiger partial charge >= 0.3 is 12.4 Å². The minimum atomic E-state index is -4.01. The Morgan fingerprint density at radius 3 is 2.39 bits per heavy atom. The van der Waals surface area contributed by atoms with E-state index in [4.69, 9.17) is 14.6 Å². The summed E-state index contributed by atoms with van der Waals surface area (Å²) < 4.78 is 59.3. The number of ether oxygens (including phenoxy) is 2. The second-order valence-electron chi connectivity index (χ2n) is 9.68. The van der Waals surface area contributed by atoms with Gasteiger partial charge in [0.25, 0.3) is 0 Å². The molecule has 2 atom stereocenters. The van der Waals surface area contributed by atoms with Crippen molar-refractivity contribution in [3.63, 3.8) is 0 Å². The average molecular weight is 550 g/mol. The van der Waals surface area contributed by atoms with Crippen LogP contribution in [-0.4, -0.2) is 48.6 Å². The topological polar surface area (TPSA) is 149 Å². The lowest BCUT2D eigenvalue weighted by atomic mass is 9.85. The van der Waals surface area contributed by atoms with E-state index in [1.165, 1.54) is 19.9 Å². The third kappa shape index (κ3) is 5.54. The summed E-state index contributed by atoms with van der Waals surface area (Å²) in [7, 11) is -4.01. The van der Waals surface area contributed by atoms with Crippen LogP contribution in [0.1, 0.15) is 70.1 Å². The van der Waals surface area contributed by atoms with Gasteiger partial charge in [-0.2, -0.15) is 0 Å². The molecule has 4 N–H and O–H groups in total. The van der Waals surface area contributed by atoms with Crippen molar-refractivity contribution < 1.29 is 42.3 Å². The second kappa shape index (κ2) is 9.38. The highest BCUT2D eigenvalue weighted by atomic mass is 32.3. The van der Waals surface area contributed by atoms with E-state index < -0.39 is 39.2 Å². The Kier molecular flexibility index (Phi) is 7.29. The molecule has 0 radical (unpaired) electrons. The molecule has 1 aromatic rings. The summed E-state index contributed by atoms with van der Waals surface area (Å²) in [6, 6.07) is 1.43. The first-order valence-corrected chi connectivity index (χ1v) is 13.4. The highest BCUT2D eigenvalue weighted by molar-refractivity contribution is 8.19. The zero-order chi connectivity index (χ0) is 27.4. The van der Waals surface area contributed by atoms with Gasteiger partial charge in [0.2, 0.25) is 5.91 Å². The van der Waals surface area contributed by atoms with Crippen LogP contribution in [0.3, 0.4) is 0 Å². The maximum Gasteiger partial charge on any atom is 0.586 e. The standard InChI is InChI=1S/C22H29F2N3O7S2/c1-10(2)12-7-14-18(34-22(23,24)33-14)17(11(3)4)13(12)8-15(28)27-9-16(35-19(27)21(5,6)31)36(25,32)26-20(29)30/h7,9-11,19,31H,8H2,1-6H3,(H,29,30)(H2,25,26,32). The van der Waals surface area contributed by atoms with E-state index in [1.54, 1.807) is 18.6 Å². The number of nitrogens with one attached hydrogen (secondary N) is 2. The highest BCUT2D eigenvalue weighted by Crippen LogP contribution is 2.50. The van der Waals surface area contributed by atoms with E-state index in [9.17, 15) is 27.7 Å². The number of carbonyl (C=O) groups excluding carboxylic acids is 1. The molecular formula is C22H29F2N3O7S2. The van der Waals surface area contributed by atoms with Gasteiger partial charge in [0.05, 0.1) is 12.0 Å². The van der Waals surface area contributed by atoms with Crippen LogP contribution in [0.2, 0.25) is 0 Å². The van der Waals surface area contributed by atoms with Gasteiger partial charge in [-0.15, -0.1) is 8.78 Å². The first-order valence-electron chi connectivity index (χ1n) is 11.0. The Hall–Kier alpha value is -2.58. The third-order valence-corrected chi connectivity index (χ3v) is 9.03. The maximum atomic E-state index is 13.9. The van der Waals surface area contributed by atoms with Crippen molar-refractivity contribution in [3.8, 4) is 11.5 Å². The monoisotopic (exact) mass is 549 g/mol. The van der Waals surface area contributed by atoms with Gasteiger partial charge in [-0.1, -0.05) is 39.5 Å². The summed E-state index contributed by atoms with van der Waals surface area (Å²) in [5, 5.41) is 18.6. The van der Waals surface area contributed by atoms with Crippen LogP contribution in [0, 0.1) is 4.78 Å². The lowest BCUT2D eigenvalue weighted by Gasteiger charge is -2.33. The fourth-order valence-corrected chi connectivity index (χ4v) is 6.64. The summed E-state index contributed by atoms with van der Waals surface area (Å²) in [6.07, 6.45) is -4.72. The van der Waals surface area contributed by atoms with Crippen LogP contribution in [0.5, 0.6) is 11.5 Å². The molecule has 0 aromatic heterocycles. The van der Waals surface area contributed by atoms with Crippen molar-refractivity contribution in [3.05, 3.63) is 33.2 Å². The smallest absolute Gasteiger partial charge is 0.464 e. The zero-order valence-electron chi connectivity index (χ0n) is 20.5. The predicted molar refractivity (Wildman–Crippen MR) is 129 cm³/mol. The highest BCUT2D eigenvalue weighted by Gasteiger charge is 2.47. The number of hydrogen-bond acceptors (Lipinski definition) is 8. The fourth-order valence-electron chi connectivity index (χ4n) is 4.11. The molecule has 0 saturated heterocycles. The number of benzene rings is 1. The molecule has 200 valence electrons. The Morgan fingerprint density at radius 1 is 1.28 bits per heavy atom. The number of thioether (sulfide) groups is 1. The summed E-state index contributed by atoms with van der Waals surface area (Å²) in [5.41, 5.74) is -0.0911. The van der Waals surface area contributed by atoms with Crippen LogP contribution in [0.15, 0.2) is 16.5 Å². The summed E-state index contributed by atoms with van der Waals surface area (Å²) in [4.78, 5) is 25.7. The van der Waals surface area contributed by atoms with Crippen molar-refractivity contribution in [2.45, 2.75) is 77.1 Å². The van der Waals surface area contributed by atoms with E-state index in [1.807, 2.05) is 13.8 Å². The molecule has 3 rings (SSSR count). The Balaban J connectivity index is 2.09. The van der Waals surface area contributed by atoms with E-state index >= 15 is 0 Å². The summed E-state index contributed by atoms with van der Waals surface area (Å²) in [5.74, 6) is -1.35. The zero-order valence-corrected chi connectivity index (χ0v) is 22.2. The average Bonchev–Trinajstić information content (AvgIpc) is 3.26. The fraction of sp³-hybridized carbons (Fsp3) is 0.545. The van der Waals surface area contributed by atoms with E-state index in [0.29, 0.717) is 16.7 Å². The second-order valence-corrected chi connectivity index (χ2v) is 12.8. The van der Waals surface area contributed by atoms with Gasteiger partial charge in [-0.25, -0.2) is 18.5 Å².